The number of nitrogens with zero attached hydrogens (tertiary/aromatic N) is 2. The Balaban J connectivity index is 1.59. The number of allylic oxidation sites excluding steroid dienone is 1. The van der Waals surface area contributed by atoms with Crippen LogP contribution in [0.1, 0.15) is 74.8 Å². The van der Waals surface area contributed by atoms with Gasteiger partial charge in [-0.15, -0.1) is 11.8 Å². The van der Waals surface area contributed by atoms with E-state index in [1.165, 1.54) is 29.5 Å². The minimum absolute atomic E-state index is 0.145. The van der Waals surface area contributed by atoms with Gasteiger partial charge in [0, 0.05) is 5.69 Å². The first-order chi connectivity index (χ1) is 13.8. The highest BCUT2D eigenvalue weighted by Crippen LogP contribution is 2.64. The molecule has 0 amide bonds. The van der Waals surface area contributed by atoms with Crippen LogP contribution >= 0.6 is 11.8 Å². The summed E-state index contributed by atoms with van der Waals surface area (Å²) in [7, 11) is 0. The van der Waals surface area contributed by atoms with Crippen molar-refractivity contribution >= 4 is 11.8 Å². The van der Waals surface area contributed by atoms with Crippen molar-refractivity contribution < 1.29 is 5.11 Å². The average molecular weight is 409 g/mol. The van der Waals surface area contributed by atoms with Gasteiger partial charge in [0.15, 0.2) is 0 Å². The smallest absolute Gasteiger partial charge is 0.114 e. The van der Waals surface area contributed by atoms with E-state index in [9.17, 15) is 10.4 Å². The summed E-state index contributed by atoms with van der Waals surface area (Å²) in [6, 6.07) is 2.51. The molecule has 1 aromatic heterocycles. The van der Waals surface area contributed by atoms with Crippen LogP contribution in [-0.2, 0) is 11.8 Å². The Morgan fingerprint density at radius 2 is 1.93 bits per heavy atom. The van der Waals surface area contributed by atoms with Crippen LogP contribution in [0.4, 0.5) is 0 Å². The van der Waals surface area contributed by atoms with Crippen LogP contribution in [0, 0.1) is 41.4 Å². The SMILES string of the molecule is CSc1nc(C)c2c(c1C#N)C[C@@H]1[C@@H]3CC=C4C[C@H](O)CC[C@]4(C)[C@H]3CC[C@]21C. The van der Waals surface area contributed by atoms with Crippen LogP contribution in [-0.4, -0.2) is 22.5 Å². The zero-order chi connectivity index (χ0) is 20.6. The van der Waals surface area contributed by atoms with Gasteiger partial charge in [-0.05, 0) is 97.8 Å². The van der Waals surface area contributed by atoms with E-state index in [1.54, 1.807) is 11.8 Å². The predicted molar refractivity (Wildman–Crippen MR) is 117 cm³/mol. The van der Waals surface area contributed by atoms with Gasteiger partial charge in [0.1, 0.15) is 11.1 Å². The molecule has 0 aliphatic heterocycles. The molecule has 0 radical (unpaired) electrons. The summed E-state index contributed by atoms with van der Waals surface area (Å²) in [4.78, 5) is 4.86. The Hall–Kier alpha value is -1.31. The maximum Gasteiger partial charge on any atom is 0.114 e. The normalized spacial score (nSPS) is 40.2. The van der Waals surface area contributed by atoms with E-state index in [2.05, 4.69) is 32.9 Å². The highest BCUT2D eigenvalue weighted by molar-refractivity contribution is 7.98. The molecule has 29 heavy (non-hydrogen) atoms. The molecule has 0 unspecified atom stereocenters. The fourth-order valence-corrected chi connectivity index (χ4v) is 8.43. The third-order valence-electron chi connectivity index (χ3n) is 9.22. The van der Waals surface area contributed by atoms with Crippen LogP contribution in [0.3, 0.4) is 0 Å². The lowest BCUT2D eigenvalue weighted by Gasteiger charge is -2.57. The molecule has 4 aliphatic carbocycles. The minimum atomic E-state index is -0.146. The fraction of sp³-hybridized carbons (Fsp3) is 0.680. The van der Waals surface area contributed by atoms with Crippen LogP contribution in [0.2, 0.25) is 0 Å². The van der Waals surface area contributed by atoms with E-state index in [-0.39, 0.29) is 16.9 Å². The van der Waals surface area contributed by atoms with Crippen molar-refractivity contribution in [3.63, 3.8) is 0 Å². The molecule has 0 spiro atoms. The van der Waals surface area contributed by atoms with E-state index in [1.807, 2.05) is 6.26 Å². The maximum absolute atomic E-state index is 10.2. The lowest BCUT2D eigenvalue weighted by molar-refractivity contribution is -0.0164. The first kappa shape index (κ1) is 19.6. The highest BCUT2D eigenvalue weighted by atomic mass is 32.2. The van der Waals surface area contributed by atoms with Gasteiger partial charge in [-0.25, -0.2) is 4.98 Å². The molecule has 4 aliphatic rings. The average Bonchev–Trinajstić information content (AvgIpc) is 3.02. The van der Waals surface area contributed by atoms with Crippen LogP contribution in [0.25, 0.3) is 0 Å². The second-order valence-electron chi connectivity index (χ2n) is 10.4. The quantitative estimate of drug-likeness (QED) is 0.505. The molecule has 2 fully saturated rings. The maximum atomic E-state index is 10.2. The Kier molecular flexibility index (Phi) is 4.47. The number of hydrogen-bond acceptors (Lipinski definition) is 4. The zero-order valence-electron chi connectivity index (χ0n) is 18.1. The number of nitriles is 1. The Bertz CT molecular complexity index is 947. The van der Waals surface area contributed by atoms with Crippen molar-refractivity contribution in [3.05, 3.63) is 34.0 Å². The second-order valence-corrected chi connectivity index (χ2v) is 11.2. The zero-order valence-corrected chi connectivity index (χ0v) is 18.9. The predicted octanol–water partition coefficient (Wildman–Crippen LogP) is 5.32. The molecule has 5 rings (SSSR count). The van der Waals surface area contributed by atoms with Gasteiger partial charge in [0.25, 0.3) is 0 Å². The van der Waals surface area contributed by atoms with Crippen LogP contribution < -0.4 is 0 Å². The molecule has 0 aromatic carbocycles. The first-order valence-corrected chi connectivity index (χ1v) is 12.4. The molecule has 1 aromatic rings. The van der Waals surface area contributed by atoms with E-state index >= 15 is 0 Å². The van der Waals surface area contributed by atoms with E-state index in [0.717, 1.165) is 48.4 Å². The molecule has 1 heterocycles. The number of thioether (sulfide) groups is 1. The summed E-state index contributed by atoms with van der Waals surface area (Å²) >= 11 is 1.60. The number of aliphatic hydroxyl groups excluding tert-OH is 1. The monoisotopic (exact) mass is 408 g/mol. The molecule has 4 heteroatoms. The minimum Gasteiger partial charge on any atom is -0.393 e. The number of aryl methyl sites for hydroxylation is 1. The van der Waals surface area contributed by atoms with Crippen molar-refractivity contribution in [2.75, 3.05) is 6.26 Å². The molecule has 3 nitrogen and oxygen atoms in total. The first-order valence-electron chi connectivity index (χ1n) is 11.2. The number of aliphatic hydroxyl groups is 1. The van der Waals surface area contributed by atoms with Crippen LogP contribution in [0.15, 0.2) is 16.7 Å². The molecule has 6 atom stereocenters. The third kappa shape index (κ3) is 2.56. The Morgan fingerprint density at radius 1 is 1.17 bits per heavy atom. The van der Waals surface area contributed by atoms with Gasteiger partial charge in [0.05, 0.1) is 11.7 Å². The fourth-order valence-electron chi connectivity index (χ4n) is 7.83. The molecular formula is C25H32N2OS. The lowest BCUT2D eigenvalue weighted by atomic mass is 9.47. The highest BCUT2D eigenvalue weighted by Gasteiger charge is 2.58. The number of fused-ring (bicyclic) bond motifs is 7. The lowest BCUT2D eigenvalue weighted by Crippen LogP contribution is -2.51. The molecular weight excluding hydrogens is 376 g/mol. The van der Waals surface area contributed by atoms with Crippen molar-refractivity contribution in [1.29, 1.82) is 5.26 Å². The molecule has 0 bridgehead atoms. The standard InChI is InChI=1S/C25H32N2OS/c1-14-22-18(19(13-26)23(27-14)29-4)12-21-17-6-5-15-11-16(28)7-9-24(15,2)20(17)8-10-25(21,22)3/h5,16-17,20-21,28H,6-12H2,1-4H3/t16-,17-,20+,21-,24+,25+/m1/s1. The Morgan fingerprint density at radius 3 is 2.66 bits per heavy atom. The van der Waals surface area contributed by atoms with Gasteiger partial charge in [-0.1, -0.05) is 25.5 Å². The third-order valence-corrected chi connectivity index (χ3v) is 9.90. The Labute approximate surface area is 179 Å². The summed E-state index contributed by atoms with van der Waals surface area (Å²) in [5.41, 5.74) is 6.61. The summed E-state index contributed by atoms with van der Waals surface area (Å²) < 4.78 is 0. The van der Waals surface area contributed by atoms with Crippen molar-refractivity contribution in [1.82, 2.24) is 4.98 Å². The van der Waals surface area contributed by atoms with E-state index < -0.39 is 0 Å². The van der Waals surface area contributed by atoms with Crippen molar-refractivity contribution in [2.24, 2.45) is 23.2 Å². The van der Waals surface area contributed by atoms with Crippen LogP contribution in [0.5, 0.6) is 0 Å². The van der Waals surface area contributed by atoms with E-state index in [0.29, 0.717) is 17.8 Å². The van der Waals surface area contributed by atoms with Crippen molar-refractivity contribution in [2.45, 2.75) is 82.3 Å². The topological polar surface area (TPSA) is 56.9 Å². The molecule has 154 valence electrons. The summed E-state index contributed by atoms with van der Waals surface area (Å²) in [5.74, 6) is 1.98. The molecule has 1 N–H and O–H groups in total. The number of aromatic nitrogens is 1. The van der Waals surface area contributed by atoms with Gasteiger partial charge < -0.3 is 5.11 Å². The molecule has 2 saturated carbocycles. The number of pyridine rings is 1. The van der Waals surface area contributed by atoms with Gasteiger partial charge in [-0.3, -0.25) is 0 Å². The summed E-state index contributed by atoms with van der Waals surface area (Å²) in [5, 5.41) is 21.1. The van der Waals surface area contributed by atoms with Gasteiger partial charge in [0.2, 0.25) is 0 Å². The van der Waals surface area contributed by atoms with Gasteiger partial charge in [-0.2, -0.15) is 5.26 Å². The summed E-state index contributed by atoms with van der Waals surface area (Å²) in [6.45, 7) is 7.09. The second kappa shape index (κ2) is 6.59. The van der Waals surface area contributed by atoms with E-state index in [4.69, 9.17) is 4.98 Å². The van der Waals surface area contributed by atoms with Gasteiger partial charge >= 0.3 is 0 Å². The number of hydrogen-bond donors (Lipinski definition) is 1. The number of rotatable bonds is 1. The molecule has 0 saturated heterocycles. The van der Waals surface area contributed by atoms with Crippen molar-refractivity contribution in [3.8, 4) is 6.07 Å². The largest absolute Gasteiger partial charge is 0.393 e. The summed E-state index contributed by atoms with van der Waals surface area (Å²) in [6.07, 6.45) is 11.9.